The molecule has 0 fully saturated rings. The summed E-state index contributed by atoms with van der Waals surface area (Å²) in [5, 5.41) is 38.7. The monoisotopic (exact) mass is 332 g/mol. The molecule has 0 bridgehead atoms. The molecule has 0 saturated heterocycles. The summed E-state index contributed by atoms with van der Waals surface area (Å²) in [5.41, 5.74) is 1.24. The largest absolute Gasteiger partial charge is 0.426 e. The number of hydrogen-bond acceptors (Lipinski definition) is 5. The number of benzene rings is 2. The van der Waals surface area contributed by atoms with Gasteiger partial charge in [0.2, 0.25) is 0 Å². The average Bonchev–Trinajstić information content (AvgIpc) is 2.64. The van der Waals surface area contributed by atoms with Crippen LogP contribution in [0, 0.1) is 26.9 Å². The van der Waals surface area contributed by atoms with Crippen LogP contribution in [-0.4, -0.2) is 14.9 Å². The van der Waals surface area contributed by atoms with Crippen LogP contribution >= 0.6 is 0 Å². The molecule has 0 amide bonds. The highest BCUT2D eigenvalue weighted by atomic mass is 16.6. The summed E-state index contributed by atoms with van der Waals surface area (Å²) in [6.07, 6.45) is 0. The van der Waals surface area contributed by atoms with Crippen molar-refractivity contribution in [3.63, 3.8) is 0 Å². The number of nitro groups is 1. The molecule has 0 aliphatic rings. The Kier molecular flexibility index (Phi) is 4.02. The van der Waals surface area contributed by atoms with E-state index in [0.717, 1.165) is 0 Å². The van der Waals surface area contributed by atoms with Gasteiger partial charge in [-0.3, -0.25) is 15.5 Å². The van der Waals surface area contributed by atoms with Crippen LogP contribution < -0.4 is 5.49 Å². The van der Waals surface area contributed by atoms with E-state index in [0.29, 0.717) is 21.4 Å². The van der Waals surface area contributed by atoms with E-state index in [9.17, 15) is 20.6 Å². The second-order valence-electron chi connectivity index (χ2n) is 5.26. The molecule has 0 saturated carbocycles. The van der Waals surface area contributed by atoms with Crippen molar-refractivity contribution in [2.75, 3.05) is 0 Å². The van der Waals surface area contributed by atoms with Crippen LogP contribution in [0.4, 0.5) is 5.69 Å². The van der Waals surface area contributed by atoms with E-state index < -0.39 is 4.92 Å². The van der Waals surface area contributed by atoms with Crippen molar-refractivity contribution >= 4 is 5.69 Å². The standard InChI is InChI=1S/C18H12N4O3/c19-11-16-15(12-5-2-1-3-6-12)10-17(21(23)18(16)20)13-7-4-8-14(9-13)22(24)25/h1-10,20,23H. The van der Waals surface area contributed by atoms with Gasteiger partial charge in [0.05, 0.1) is 10.6 Å². The summed E-state index contributed by atoms with van der Waals surface area (Å²) in [4.78, 5) is 10.4. The Bertz CT molecular complexity index is 1070. The molecule has 2 N–H and O–H groups in total. The number of rotatable bonds is 3. The Balaban J connectivity index is 2.31. The topological polar surface area (TPSA) is 116 Å². The molecule has 0 unspecified atom stereocenters. The van der Waals surface area contributed by atoms with Crippen LogP contribution in [0.3, 0.4) is 0 Å². The Morgan fingerprint density at radius 3 is 2.40 bits per heavy atom. The Morgan fingerprint density at radius 2 is 1.76 bits per heavy atom. The minimum Gasteiger partial charge on any atom is -0.426 e. The van der Waals surface area contributed by atoms with E-state index in [2.05, 4.69) is 0 Å². The smallest absolute Gasteiger partial charge is 0.270 e. The molecule has 25 heavy (non-hydrogen) atoms. The molecular weight excluding hydrogens is 320 g/mol. The number of non-ortho nitro benzene ring substituents is 1. The molecule has 122 valence electrons. The predicted octanol–water partition coefficient (Wildman–Crippen LogP) is 3.32. The lowest BCUT2D eigenvalue weighted by Gasteiger charge is -2.12. The first-order valence-corrected chi connectivity index (χ1v) is 7.27. The molecule has 0 atom stereocenters. The van der Waals surface area contributed by atoms with Crippen LogP contribution in [0.5, 0.6) is 0 Å². The Morgan fingerprint density at radius 1 is 1.08 bits per heavy atom. The van der Waals surface area contributed by atoms with Crippen molar-refractivity contribution in [3.05, 3.63) is 81.8 Å². The molecule has 0 aliphatic carbocycles. The van der Waals surface area contributed by atoms with Crippen molar-refractivity contribution in [2.45, 2.75) is 0 Å². The molecule has 2 aromatic carbocycles. The number of nitrogens with zero attached hydrogens (tertiary/aromatic N) is 3. The summed E-state index contributed by atoms with van der Waals surface area (Å²) in [5.74, 6) is 0. The van der Waals surface area contributed by atoms with Crippen molar-refractivity contribution in [2.24, 2.45) is 0 Å². The fourth-order valence-electron chi connectivity index (χ4n) is 2.57. The van der Waals surface area contributed by atoms with E-state index in [1.165, 1.54) is 18.2 Å². The van der Waals surface area contributed by atoms with Gasteiger partial charge in [0.25, 0.3) is 5.69 Å². The van der Waals surface area contributed by atoms with Crippen LogP contribution in [0.15, 0.2) is 60.7 Å². The molecule has 7 heteroatoms. The molecule has 0 radical (unpaired) electrons. The lowest BCUT2D eigenvalue weighted by Crippen LogP contribution is -2.23. The highest BCUT2D eigenvalue weighted by Gasteiger charge is 2.16. The van der Waals surface area contributed by atoms with Gasteiger partial charge in [-0.2, -0.15) is 9.99 Å². The zero-order valence-electron chi connectivity index (χ0n) is 12.9. The number of pyridine rings is 1. The predicted molar refractivity (Wildman–Crippen MR) is 89.7 cm³/mol. The maximum atomic E-state index is 11.0. The Hall–Kier alpha value is -3.92. The third-order valence-electron chi connectivity index (χ3n) is 3.78. The van der Waals surface area contributed by atoms with Crippen LogP contribution in [0.25, 0.3) is 22.4 Å². The second-order valence-corrected chi connectivity index (χ2v) is 5.26. The third kappa shape index (κ3) is 2.84. The normalized spacial score (nSPS) is 10.2. The summed E-state index contributed by atoms with van der Waals surface area (Å²) >= 11 is 0. The number of hydrogen-bond donors (Lipinski definition) is 2. The van der Waals surface area contributed by atoms with Gasteiger partial charge in [-0.05, 0) is 11.6 Å². The number of nitriles is 1. The minimum atomic E-state index is -0.533. The van der Waals surface area contributed by atoms with E-state index in [1.807, 2.05) is 12.1 Å². The van der Waals surface area contributed by atoms with E-state index in [-0.39, 0.29) is 22.4 Å². The highest BCUT2D eigenvalue weighted by molar-refractivity contribution is 5.75. The average molecular weight is 332 g/mol. The van der Waals surface area contributed by atoms with Crippen molar-refractivity contribution < 1.29 is 10.1 Å². The van der Waals surface area contributed by atoms with Gasteiger partial charge >= 0.3 is 0 Å². The summed E-state index contributed by atoms with van der Waals surface area (Å²) in [7, 11) is 0. The third-order valence-corrected chi connectivity index (χ3v) is 3.78. The van der Waals surface area contributed by atoms with Crippen molar-refractivity contribution in [1.29, 1.82) is 10.7 Å². The second kappa shape index (κ2) is 6.29. The number of aromatic nitrogens is 1. The lowest BCUT2D eigenvalue weighted by atomic mass is 9.99. The van der Waals surface area contributed by atoms with Gasteiger partial charge in [-0.25, -0.2) is 0 Å². The van der Waals surface area contributed by atoms with Gasteiger partial charge in [-0.1, -0.05) is 42.5 Å². The first-order valence-electron chi connectivity index (χ1n) is 7.27. The minimum absolute atomic E-state index is 0.0166. The fourth-order valence-corrected chi connectivity index (χ4v) is 2.57. The molecule has 1 heterocycles. The molecule has 3 rings (SSSR count). The molecule has 0 spiro atoms. The van der Waals surface area contributed by atoms with Crippen LogP contribution in [0.2, 0.25) is 0 Å². The van der Waals surface area contributed by atoms with Crippen molar-refractivity contribution in [3.8, 4) is 28.5 Å². The molecule has 7 nitrogen and oxygen atoms in total. The number of nitro benzene ring substituents is 1. The van der Waals surface area contributed by atoms with Crippen LogP contribution in [0.1, 0.15) is 5.56 Å². The van der Waals surface area contributed by atoms with Gasteiger partial charge in [0, 0.05) is 23.3 Å². The summed E-state index contributed by atoms with van der Waals surface area (Å²) < 4.78 is 0.560. The fraction of sp³-hybridized carbons (Fsp3) is 0. The van der Waals surface area contributed by atoms with E-state index in [1.54, 1.807) is 36.4 Å². The van der Waals surface area contributed by atoms with Gasteiger partial charge in [0.1, 0.15) is 11.6 Å². The summed E-state index contributed by atoms with van der Waals surface area (Å²) in [6.45, 7) is 0. The molecule has 1 aromatic heterocycles. The van der Waals surface area contributed by atoms with E-state index in [4.69, 9.17) is 5.41 Å². The zero-order chi connectivity index (χ0) is 18.0. The zero-order valence-corrected chi connectivity index (χ0v) is 12.9. The Labute approximate surface area is 142 Å². The molecule has 0 aliphatic heterocycles. The maximum absolute atomic E-state index is 11.0. The molecular formula is C18H12N4O3. The highest BCUT2D eigenvalue weighted by Crippen LogP contribution is 2.28. The first-order chi connectivity index (χ1) is 12.0. The lowest BCUT2D eigenvalue weighted by molar-refractivity contribution is -0.384. The SMILES string of the molecule is N#Cc1c(-c2ccccc2)cc(-c2cccc([N+](=O)[O-])c2)n(O)c1=N. The summed E-state index contributed by atoms with van der Waals surface area (Å²) in [6, 6.07) is 18.2. The van der Waals surface area contributed by atoms with Gasteiger partial charge in [-0.15, -0.1) is 0 Å². The van der Waals surface area contributed by atoms with Crippen molar-refractivity contribution in [1.82, 2.24) is 4.73 Å². The molecule has 3 aromatic rings. The van der Waals surface area contributed by atoms with Gasteiger partial charge < -0.3 is 5.21 Å². The van der Waals surface area contributed by atoms with Gasteiger partial charge in [0.15, 0.2) is 5.49 Å². The first kappa shape index (κ1) is 16.0. The van der Waals surface area contributed by atoms with Crippen LogP contribution in [-0.2, 0) is 0 Å². The quantitative estimate of drug-likeness (QED) is 0.435. The maximum Gasteiger partial charge on any atom is 0.270 e. The van der Waals surface area contributed by atoms with E-state index >= 15 is 0 Å². The number of nitrogens with one attached hydrogen (secondary N) is 1.